The Bertz CT molecular complexity index is 885. The average molecular weight is 408 g/mol. The number of halogens is 3. The smallest absolute Gasteiger partial charge is 0.401 e. The molecule has 0 spiro atoms. The van der Waals surface area contributed by atoms with Crippen molar-refractivity contribution in [2.45, 2.75) is 37.6 Å². The minimum absolute atomic E-state index is 0.00944. The van der Waals surface area contributed by atoms with E-state index in [-0.39, 0.29) is 30.0 Å². The van der Waals surface area contributed by atoms with Crippen LogP contribution in [0.3, 0.4) is 0 Å². The number of nitrogens with one attached hydrogen (secondary N) is 1. The molecule has 1 aliphatic carbocycles. The molecule has 0 amide bonds. The highest BCUT2D eigenvalue weighted by Crippen LogP contribution is 2.44. The van der Waals surface area contributed by atoms with Gasteiger partial charge in [0.15, 0.2) is 5.84 Å². The molecule has 3 N–H and O–H groups in total. The number of hydrogen-bond donors (Lipinski definition) is 2. The number of methoxy groups -OCH3 is 1. The van der Waals surface area contributed by atoms with E-state index in [4.69, 9.17) is 15.5 Å². The first-order valence-corrected chi connectivity index (χ1v) is 9.80. The molecule has 6 rings (SSSR count). The number of para-hydroxylation sites is 1. The summed E-state index contributed by atoms with van der Waals surface area (Å²) in [7, 11) is 1.57. The van der Waals surface area contributed by atoms with Gasteiger partial charge in [0.1, 0.15) is 17.6 Å². The van der Waals surface area contributed by atoms with Crippen LogP contribution < -0.4 is 15.9 Å². The predicted molar refractivity (Wildman–Crippen MR) is 102 cm³/mol. The predicted octanol–water partition coefficient (Wildman–Crippen LogP) is 2.21. The zero-order valence-electron chi connectivity index (χ0n) is 16.0. The number of fused-ring (bicyclic) bond motifs is 6. The number of benzene rings is 1. The summed E-state index contributed by atoms with van der Waals surface area (Å²) >= 11 is 0. The van der Waals surface area contributed by atoms with Crippen LogP contribution in [0.5, 0.6) is 5.75 Å². The summed E-state index contributed by atoms with van der Waals surface area (Å²) in [6.07, 6.45) is -1.92. The van der Waals surface area contributed by atoms with Crippen molar-refractivity contribution in [3.05, 3.63) is 23.8 Å². The maximum Gasteiger partial charge on any atom is 0.401 e. The fraction of sp³-hybridized carbons (Fsp3) is 0.579. The lowest BCUT2D eigenvalue weighted by molar-refractivity contribution is -0.167. The molecule has 1 aromatic rings. The van der Waals surface area contributed by atoms with Gasteiger partial charge in [-0.15, -0.1) is 0 Å². The molecule has 0 aromatic heterocycles. The zero-order chi connectivity index (χ0) is 20.3. The van der Waals surface area contributed by atoms with Gasteiger partial charge < -0.3 is 10.5 Å². The number of aliphatic imine (C=N–C) groups is 2. The quantitative estimate of drug-likeness (QED) is 0.802. The van der Waals surface area contributed by atoms with E-state index in [0.29, 0.717) is 23.8 Å². The number of nitrogens with two attached hydrogens (primary N) is 1. The van der Waals surface area contributed by atoms with Gasteiger partial charge in [-0.05, 0) is 37.3 Å². The molecular formula is C19H23F3N6O. The van der Waals surface area contributed by atoms with Gasteiger partial charge in [0, 0.05) is 24.1 Å². The maximum absolute atomic E-state index is 13.1. The van der Waals surface area contributed by atoms with Gasteiger partial charge in [0.25, 0.3) is 0 Å². The number of guanidine groups is 1. The van der Waals surface area contributed by atoms with E-state index in [1.54, 1.807) is 23.1 Å². The number of rotatable bonds is 3. The number of piperidine rings is 2. The van der Waals surface area contributed by atoms with Crippen molar-refractivity contribution in [1.82, 2.24) is 15.3 Å². The first-order chi connectivity index (χ1) is 13.8. The summed E-state index contributed by atoms with van der Waals surface area (Å²) in [5.74, 6) is 1.75. The van der Waals surface area contributed by atoms with Gasteiger partial charge in [-0.3, -0.25) is 4.90 Å². The number of amidine groups is 1. The highest BCUT2D eigenvalue weighted by molar-refractivity contribution is 6.15. The second kappa shape index (κ2) is 6.60. The van der Waals surface area contributed by atoms with E-state index >= 15 is 0 Å². The highest BCUT2D eigenvalue weighted by Gasteiger charge is 2.49. The molecule has 3 fully saturated rings. The second-order valence-electron chi connectivity index (χ2n) is 8.14. The molecule has 156 valence electrons. The lowest BCUT2D eigenvalue weighted by Gasteiger charge is -2.51. The summed E-state index contributed by atoms with van der Waals surface area (Å²) in [4.78, 5) is 10.9. The minimum atomic E-state index is -4.19. The number of ether oxygens (including phenoxy) is 1. The summed E-state index contributed by atoms with van der Waals surface area (Å²) in [5.41, 5.74) is 10.9. The molecule has 2 bridgehead atoms. The number of alkyl halides is 3. The van der Waals surface area contributed by atoms with E-state index in [9.17, 15) is 13.2 Å². The molecule has 4 aliphatic heterocycles. The van der Waals surface area contributed by atoms with Crippen LogP contribution in [0, 0.1) is 11.8 Å². The van der Waals surface area contributed by atoms with Gasteiger partial charge in [0.2, 0.25) is 5.96 Å². The molecule has 5 aliphatic rings. The normalized spacial score (nSPS) is 31.2. The van der Waals surface area contributed by atoms with E-state index in [2.05, 4.69) is 10.4 Å². The molecular weight excluding hydrogens is 385 g/mol. The first-order valence-electron chi connectivity index (χ1n) is 9.80. The fourth-order valence-electron chi connectivity index (χ4n) is 5.23. The monoisotopic (exact) mass is 408 g/mol. The standard InChI is InChI=1S/C19H23F3N6O/c1-29-14-4-2-3-11-15(14)24-18(23)28-17(11)25-16(26-28)12-7-10-5-6-13(12)27(8-10)9-19(20,21)22/h2-4,10,12-13,16,26H,5-9H2,1H3,(H2,23,24). The Hall–Kier alpha value is -2.33. The lowest BCUT2D eigenvalue weighted by Crippen LogP contribution is -2.60. The Kier molecular flexibility index (Phi) is 4.25. The van der Waals surface area contributed by atoms with E-state index in [0.717, 1.165) is 24.8 Å². The second-order valence-corrected chi connectivity index (χ2v) is 8.14. The van der Waals surface area contributed by atoms with Crippen LogP contribution in [0.4, 0.5) is 18.9 Å². The van der Waals surface area contributed by atoms with Crippen molar-refractivity contribution in [2.24, 2.45) is 27.6 Å². The van der Waals surface area contributed by atoms with E-state index < -0.39 is 12.7 Å². The van der Waals surface area contributed by atoms with Crippen LogP contribution in [0.2, 0.25) is 0 Å². The van der Waals surface area contributed by atoms with Crippen molar-refractivity contribution in [3.63, 3.8) is 0 Å². The summed E-state index contributed by atoms with van der Waals surface area (Å²) in [5, 5.41) is 1.64. The van der Waals surface area contributed by atoms with Gasteiger partial charge in [0.05, 0.1) is 13.7 Å². The number of nitrogens with zero attached hydrogens (tertiary/aromatic N) is 4. The molecule has 10 heteroatoms. The molecule has 7 nitrogen and oxygen atoms in total. The van der Waals surface area contributed by atoms with Crippen molar-refractivity contribution < 1.29 is 17.9 Å². The minimum Gasteiger partial charge on any atom is -0.494 e. The van der Waals surface area contributed by atoms with Crippen molar-refractivity contribution >= 4 is 17.5 Å². The molecule has 4 heterocycles. The van der Waals surface area contributed by atoms with Crippen LogP contribution in [0.15, 0.2) is 28.2 Å². The molecule has 4 atom stereocenters. The largest absolute Gasteiger partial charge is 0.494 e. The third kappa shape index (κ3) is 3.14. The molecule has 2 saturated heterocycles. The Morgan fingerprint density at radius 2 is 2.14 bits per heavy atom. The Labute approximate surface area is 166 Å². The Balaban J connectivity index is 1.45. The van der Waals surface area contributed by atoms with Crippen LogP contribution in [0.25, 0.3) is 0 Å². The Morgan fingerprint density at radius 3 is 2.86 bits per heavy atom. The van der Waals surface area contributed by atoms with Gasteiger partial charge in [-0.25, -0.2) is 20.4 Å². The molecule has 1 aromatic carbocycles. The fourth-order valence-corrected chi connectivity index (χ4v) is 5.23. The third-order valence-electron chi connectivity index (χ3n) is 6.37. The van der Waals surface area contributed by atoms with Crippen LogP contribution >= 0.6 is 0 Å². The van der Waals surface area contributed by atoms with Crippen LogP contribution in [-0.4, -0.2) is 60.3 Å². The van der Waals surface area contributed by atoms with Crippen molar-refractivity contribution in [3.8, 4) is 5.75 Å². The topological polar surface area (TPSA) is 78.5 Å². The summed E-state index contributed by atoms with van der Waals surface area (Å²) < 4.78 is 44.6. The Morgan fingerprint density at radius 1 is 1.31 bits per heavy atom. The van der Waals surface area contributed by atoms with E-state index in [1.807, 2.05) is 12.1 Å². The first kappa shape index (κ1) is 18.7. The lowest BCUT2D eigenvalue weighted by atomic mass is 9.71. The molecule has 4 unspecified atom stereocenters. The van der Waals surface area contributed by atoms with Crippen LogP contribution in [-0.2, 0) is 0 Å². The molecule has 0 radical (unpaired) electrons. The van der Waals surface area contributed by atoms with Crippen molar-refractivity contribution in [2.75, 3.05) is 20.2 Å². The molecule has 1 saturated carbocycles. The average Bonchev–Trinajstić information content (AvgIpc) is 3.13. The van der Waals surface area contributed by atoms with Crippen LogP contribution in [0.1, 0.15) is 24.8 Å². The van der Waals surface area contributed by atoms with Crippen molar-refractivity contribution in [1.29, 1.82) is 0 Å². The van der Waals surface area contributed by atoms with E-state index in [1.165, 1.54) is 0 Å². The SMILES string of the molecule is COc1cccc2c1N=C(N)N1NC(C3CC4CCC3N(CC(F)(F)F)C4)N=C21. The van der Waals surface area contributed by atoms with Gasteiger partial charge in [-0.1, -0.05) is 6.07 Å². The maximum atomic E-state index is 13.1. The third-order valence-corrected chi connectivity index (χ3v) is 6.37. The van der Waals surface area contributed by atoms with Gasteiger partial charge in [-0.2, -0.15) is 13.2 Å². The summed E-state index contributed by atoms with van der Waals surface area (Å²) in [6.45, 7) is -0.349. The molecule has 29 heavy (non-hydrogen) atoms. The highest BCUT2D eigenvalue weighted by atomic mass is 19.4. The number of hydrogen-bond acceptors (Lipinski definition) is 7. The number of hydrazine groups is 1. The summed E-state index contributed by atoms with van der Waals surface area (Å²) in [6, 6.07) is 5.41. The zero-order valence-corrected chi connectivity index (χ0v) is 16.0. The van der Waals surface area contributed by atoms with Gasteiger partial charge >= 0.3 is 6.18 Å².